The fourth-order valence-corrected chi connectivity index (χ4v) is 2.39. The molecule has 8 heteroatoms. The van der Waals surface area contributed by atoms with E-state index in [4.69, 9.17) is 0 Å². The van der Waals surface area contributed by atoms with Crippen LogP contribution < -0.4 is 5.32 Å². The highest BCUT2D eigenvalue weighted by atomic mass is 35.5. The molecule has 0 amide bonds. The summed E-state index contributed by atoms with van der Waals surface area (Å²) in [5.41, 5.74) is 0.156. The highest BCUT2D eigenvalue weighted by Crippen LogP contribution is 2.34. The van der Waals surface area contributed by atoms with E-state index in [0.717, 1.165) is 12.1 Å². The summed E-state index contributed by atoms with van der Waals surface area (Å²) in [5.74, 6) is -2.18. The first-order valence-corrected chi connectivity index (χ1v) is 6.33. The van der Waals surface area contributed by atoms with Crippen LogP contribution in [0.2, 0.25) is 0 Å². The van der Waals surface area contributed by atoms with Gasteiger partial charge in [-0.05, 0) is 17.7 Å². The quantitative estimate of drug-likeness (QED) is 0.856. The van der Waals surface area contributed by atoms with Gasteiger partial charge in [-0.25, -0.2) is 8.78 Å². The van der Waals surface area contributed by atoms with Gasteiger partial charge in [0.05, 0.1) is 6.42 Å². The molecule has 2 rings (SSSR count). The highest BCUT2D eigenvalue weighted by Gasteiger charge is 2.36. The number of hydrogen-bond donors (Lipinski definition) is 1. The van der Waals surface area contributed by atoms with Gasteiger partial charge in [0.1, 0.15) is 0 Å². The first-order chi connectivity index (χ1) is 9.37. The summed E-state index contributed by atoms with van der Waals surface area (Å²) in [6.07, 6.45) is -5.43. The van der Waals surface area contributed by atoms with Crippen molar-refractivity contribution < 1.29 is 22.0 Å². The van der Waals surface area contributed by atoms with E-state index in [1.807, 2.05) is 0 Å². The second kappa shape index (κ2) is 7.38. The molecule has 1 saturated heterocycles. The van der Waals surface area contributed by atoms with Gasteiger partial charge in [0.25, 0.3) is 0 Å². The molecule has 1 aromatic carbocycles. The van der Waals surface area contributed by atoms with Crippen molar-refractivity contribution in [1.82, 2.24) is 10.2 Å². The van der Waals surface area contributed by atoms with Gasteiger partial charge < -0.3 is 5.32 Å². The van der Waals surface area contributed by atoms with Crippen molar-refractivity contribution in [3.05, 3.63) is 35.4 Å². The molecule has 0 spiro atoms. The number of nitrogens with zero attached hydrogens (tertiary/aromatic N) is 1. The summed E-state index contributed by atoms with van der Waals surface area (Å²) >= 11 is 0. The van der Waals surface area contributed by atoms with Crippen LogP contribution in [0, 0.1) is 11.6 Å². The number of hydrogen-bond acceptors (Lipinski definition) is 2. The Bertz CT molecular complexity index is 460. The Hall–Kier alpha value is -0.920. The Morgan fingerprint density at radius 2 is 1.71 bits per heavy atom. The molecule has 0 radical (unpaired) electrons. The van der Waals surface area contributed by atoms with E-state index in [9.17, 15) is 22.0 Å². The minimum atomic E-state index is -4.36. The summed E-state index contributed by atoms with van der Waals surface area (Å²) < 4.78 is 64.3. The lowest BCUT2D eigenvalue weighted by Gasteiger charge is -2.35. The number of halogens is 6. The fourth-order valence-electron chi connectivity index (χ4n) is 2.39. The summed E-state index contributed by atoms with van der Waals surface area (Å²) in [6, 6.07) is 1.97. The van der Waals surface area contributed by atoms with Crippen LogP contribution in [-0.2, 0) is 0 Å². The van der Waals surface area contributed by atoms with Crippen molar-refractivity contribution in [2.45, 2.75) is 18.6 Å². The maximum Gasteiger partial charge on any atom is 0.390 e. The van der Waals surface area contributed by atoms with Gasteiger partial charge in [0.15, 0.2) is 11.6 Å². The van der Waals surface area contributed by atoms with Crippen LogP contribution in [0.1, 0.15) is 18.0 Å². The molecule has 120 valence electrons. The zero-order chi connectivity index (χ0) is 14.8. The van der Waals surface area contributed by atoms with E-state index in [1.165, 1.54) is 6.07 Å². The minimum absolute atomic E-state index is 0. The second-order valence-electron chi connectivity index (χ2n) is 4.79. The number of nitrogens with one attached hydrogen (secondary N) is 1. The Morgan fingerprint density at radius 3 is 2.24 bits per heavy atom. The monoisotopic (exact) mass is 330 g/mol. The van der Waals surface area contributed by atoms with Crippen LogP contribution in [0.4, 0.5) is 22.0 Å². The Morgan fingerprint density at radius 1 is 1.10 bits per heavy atom. The molecule has 1 N–H and O–H groups in total. The van der Waals surface area contributed by atoms with E-state index in [1.54, 1.807) is 4.90 Å². The van der Waals surface area contributed by atoms with Gasteiger partial charge in [0.2, 0.25) is 0 Å². The van der Waals surface area contributed by atoms with Gasteiger partial charge >= 0.3 is 6.18 Å². The van der Waals surface area contributed by atoms with Crippen LogP contribution >= 0.6 is 12.4 Å². The topological polar surface area (TPSA) is 15.3 Å². The predicted octanol–water partition coefficient (Wildman–Crippen LogP) is 3.29. The summed E-state index contributed by atoms with van der Waals surface area (Å²) in [7, 11) is 0. The van der Waals surface area contributed by atoms with Crippen LogP contribution in [0.15, 0.2) is 18.2 Å². The van der Waals surface area contributed by atoms with E-state index < -0.39 is 30.3 Å². The zero-order valence-corrected chi connectivity index (χ0v) is 11.9. The minimum Gasteiger partial charge on any atom is -0.314 e. The van der Waals surface area contributed by atoms with Gasteiger partial charge in [-0.1, -0.05) is 6.07 Å². The molecule has 1 aliphatic rings. The standard InChI is InChI=1S/C13H15F5N2.ClH/c14-10-2-1-9(7-11(10)15)12(8-13(16,17)18)20-5-3-19-4-6-20;/h1-2,7,12,19H,3-6,8H2;1H/t12-;/m0./s1. The van der Waals surface area contributed by atoms with E-state index in [-0.39, 0.29) is 18.0 Å². The molecular weight excluding hydrogens is 315 g/mol. The molecule has 1 atom stereocenters. The maximum absolute atomic E-state index is 13.3. The molecule has 0 bridgehead atoms. The van der Waals surface area contributed by atoms with Crippen LogP contribution in [0.25, 0.3) is 0 Å². The Balaban J connectivity index is 0.00000220. The van der Waals surface area contributed by atoms with E-state index >= 15 is 0 Å². The third-order valence-corrected chi connectivity index (χ3v) is 3.35. The molecule has 1 heterocycles. The molecule has 0 saturated carbocycles. The maximum atomic E-state index is 13.3. The number of rotatable bonds is 3. The Kier molecular flexibility index (Phi) is 6.37. The second-order valence-corrected chi connectivity index (χ2v) is 4.79. The van der Waals surface area contributed by atoms with Crippen molar-refractivity contribution in [3.63, 3.8) is 0 Å². The number of alkyl halides is 3. The third-order valence-electron chi connectivity index (χ3n) is 3.35. The molecular formula is C13H16ClF5N2. The normalized spacial score (nSPS) is 18.1. The third kappa shape index (κ3) is 5.09. The lowest BCUT2D eigenvalue weighted by Crippen LogP contribution is -2.46. The van der Waals surface area contributed by atoms with Crippen LogP contribution in [0.5, 0.6) is 0 Å². The number of piperazine rings is 1. The molecule has 0 aliphatic carbocycles. The van der Waals surface area contributed by atoms with Crippen molar-refractivity contribution >= 4 is 12.4 Å². The molecule has 1 aliphatic heterocycles. The SMILES string of the molecule is Cl.Fc1ccc([C@H](CC(F)(F)F)N2CCNCC2)cc1F. The Labute approximate surface area is 125 Å². The first kappa shape index (κ1) is 18.1. The fraction of sp³-hybridized carbons (Fsp3) is 0.538. The summed E-state index contributed by atoms with van der Waals surface area (Å²) in [6.45, 7) is 2.05. The predicted molar refractivity (Wildman–Crippen MR) is 71.5 cm³/mol. The van der Waals surface area contributed by atoms with Crippen molar-refractivity contribution in [2.75, 3.05) is 26.2 Å². The zero-order valence-electron chi connectivity index (χ0n) is 11.1. The lowest BCUT2D eigenvalue weighted by molar-refractivity contribution is -0.148. The van der Waals surface area contributed by atoms with E-state index in [2.05, 4.69) is 5.32 Å². The lowest BCUT2D eigenvalue weighted by atomic mass is 10.0. The van der Waals surface area contributed by atoms with Crippen molar-refractivity contribution in [3.8, 4) is 0 Å². The molecule has 0 unspecified atom stereocenters. The van der Waals surface area contributed by atoms with Gasteiger partial charge in [-0.15, -0.1) is 12.4 Å². The van der Waals surface area contributed by atoms with Gasteiger partial charge in [0, 0.05) is 32.2 Å². The summed E-state index contributed by atoms with van der Waals surface area (Å²) in [5, 5.41) is 3.05. The average molecular weight is 331 g/mol. The summed E-state index contributed by atoms with van der Waals surface area (Å²) in [4.78, 5) is 1.65. The average Bonchev–Trinajstić information content (AvgIpc) is 2.39. The van der Waals surface area contributed by atoms with Gasteiger partial charge in [-0.2, -0.15) is 13.2 Å². The molecule has 2 nitrogen and oxygen atoms in total. The number of benzene rings is 1. The van der Waals surface area contributed by atoms with Crippen LogP contribution in [0.3, 0.4) is 0 Å². The largest absolute Gasteiger partial charge is 0.390 e. The molecule has 0 aromatic heterocycles. The van der Waals surface area contributed by atoms with Crippen molar-refractivity contribution in [2.24, 2.45) is 0 Å². The smallest absolute Gasteiger partial charge is 0.314 e. The van der Waals surface area contributed by atoms with E-state index in [0.29, 0.717) is 26.2 Å². The highest BCUT2D eigenvalue weighted by molar-refractivity contribution is 5.85. The molecule has 21 heavy (non-hydrogen) atoms. The first-order valence-electron chi connectivity index (χ1n) is 6.33. The van der Waals surface area contributed by atoms with Gasteiger partial charge in [-0.3, -0.25) is 4.90 Å². The molecule has 1 aromatic rings. The van der Waals surface area contributed by atoms with Crippen LogP contribution in [-0.4, -0.2) is 37.3 Å². The molecule has 1 fully saturated rings. The van der Waals surface area contributed by atoms with Crippen molar-refractivity contribution in [1.29, 1.82) is 0 Å².